The highest BCUT2D eigenvalue weighted by atomic mass is 35.5. The summed E-state index contributed by atoms with van der Waals surface area (Å²) in [5.41, 5.74) is 0.376. The maximum Gasteiger partial charge on any atom is 0.239 e. The van der Waals surface area contributed by atoms with Crippen LogP contribution in [0.3, 0.4) is 0 Å². The van der Waals surface area contributed by atoms with E-state index in [9.17, 15) is 4.79 Å². The second-order valence-electron chi connectivity index (χ2n) is 9.11. The molecule has 0 saturated carbocycles. The fraction of sp³-hybridized carbons (Fsp3) is 0.810. The molecule has 3 aliphatic rings. The Balaban J connectivity index is 0.00000150. The molecule has 4 rings (SSSR count). The van der Waals surface area contributed by atoms with Crippen LogP contribution in [0.4, 0.5) is 0 Å². The van der Waals surface area contributed by atoms with Gasteiger partial charge in [-0.25, -0.2) is 4.98 Å². The van der Waals surface area contributed by atoms with Crippen LogP contribution in [0.15, 0.2) is 12.4 Å². The Morgan fingerprint density at radius 3 is 2.55 bits per heavy atom. The minimum Gasteiger partial charge on any atom is -0.341 e. The number of aryl methyl sites for hydroxylation is 2. The van der Waals surface area contributed by atoms with Crippen LogP contribution in [-0.2, 0) is 11.3 Å². The van der Waals surface area contributed by atoms with Crippen molar-refractivity contribution in [3.8, 4) is 0 Å². The molecular weight excluding hydrogens is 409 g/mol. The zero-order chi connectivity index (χ0) is 18.9. The molecule has 3 fully saturated rings. The quantitative estimate of drug-likeness (QED) is 0.773. The molecule has 3 saturated heterocycles. The number of aromatic nitrogens is 2. The number of nitrogens with zero attached hydrogens (tertiary/aromatic N) is 4. The number of amides is 1. The lowest BCUT2D eigenvalue weighted by atomic mass is 9.77. The Labute approximate surface area is 187 Å². The Morgan fingerprint density at radius 1 is 1.24 bits per heavy atom. The molecule has 0 bridgehead atoms. The molecule has 1 aromatic rings. The number of carbonyl (C=O) groups is 1. The molecule has 0 aromatic carbocycles. The standard InChI is InChI=1S/C21H35N5O.2ClH/c1-17-23-10-14-25(17)11-3-18-4-12-26(13-5-18)20(27)19-15-21(16-24(19)2)6-8-22-9-7-21;;/h10,14,18-19,22H,3-9,11-13,15-16H2,1-2H3;2*1H. The molecule has 1 amide bonds. The number of nitrogens with one attached hydrogen (secondary N) is 1. The summed E-state index contributed by atoms with van der Waals surface area (Å²) in [7, 11) is 2.15. The van der Waals surface area contributed by atoms with Crippen LogP contribution in [0.2, 0.25) is 0 Å². The van der Waals surface area contributed by atoms with Gasteiger partial charge in [0, 0.05) is 38.6 Å². The predicted molar refractivity (Wildman–Crippen MR) is 121 cm³/mol. The minimum atomic E-state index is 0. The minimum absolute atomic E-state index is 0. The maximum atomic E-state index is 13.2. The third-order valence-corrected chi connectivity index (χ3v) is 7.32. The van der Waals surface area contributed by atoms with Gasteiger partial charge in [0.05, 0.1) is 6.04 Å². The first-order valence-corrected chi connectivity index (χ1v) is 10.7. The van der Waals surface area contributed by atoms with Gasteiger partial charge < -0.3 is 14.8 Å². The van der Waals surface area contributed by atoms with Crippen molar-refractivity contribution in [3.05, 3.63) is 18.2 Å². The van der Waals surface area contributed by atoms with Gasteiger partial charge in [0.2, 0.25) is 5.91 Å². The number of hydrogen-bond acceptors (Lipinski definition) is 4. The summed E-state index contributed by atoms with van der Waals surface area (Å²) in [6.45, 7) is 8.29. The van der Waals surface area contributed by atoms with E-state index >= 15 is 0 Å². The van der Waals surface area contributed by atoms with E-state index in [0.717, 1.165) is 70.3 Å². The average molecular weight is 446 g/mol. The fourth-order valence-electron chi connectivity index (χ4n) is 5.48. The summed E-state index contributed by atoms with van der Waals surface area (Å²) in [6.07, 6.45) is 10.9. The summed E-state index contributed by atoms with van der Waals surface area (Å²) in [5, 5.41) is 3.47. The van der Waals surface area contributed by atoms with Crippen LogP contribution >= 0.6 is 24.8 Å². The number of imidazole rings is 1. The summed E-state index contributed by atoms with van der Waals surface area (Å²) in [5.74, 6) is 2.21. The highest BCUT2D eigenvalue weighted by molar-refractivity contribution is 5.85. The van der Waals surface area contributed by atoms with E-state index < -0.39 is 0 Å². The topological polar surface area (TPSA) is 53.4 Å². The van der Waals surface area contributed by atoms with E-state index in [2.05, 4.69) is 44.8 Å². The van der Waals surface area contributed by atoms with E-state index in [1.807, 2.05) is 6.20 Å². The number of likely N-dealkylation sites (tertiary alicyclic amines) is 2. The monoisotopic (exact) mass is 445 g/mol. The first-order valence-electron chi connectivity index (χ1n) is 10.7. The Kier molecular flexibility index (Phi) is 8.83. The lowest BCUT2D eigenvalue weighted by Crippen LogP contribution is -2.47. The van der Waals surface area contributed by atoms with Gasteiger partial charge in [0.15, 0.2) is 0 Å². The number of likely N-dealkylation sites (N-methyl/N-ethyl adjacent to an activating group) is 1. The molecule has 6 nitrogen and oxygen atoms in total. The van der Waals surface area contributed by atoms with Gasteiger partial charge in [-0.05, 0) is 76.9 Å². The second kappa shape index (κ2) is 10.5. The van der Waals surface area contributed by atoms with Gasteiger partial charge in [0.25, 0.3) is 0 Å². The number of rotatable bonds is 4. The molecule has 3 aliphatic heterocycles. The summed E-state index contributed by atoms with van der Waals surface area (Å²) >= 11 is 0. The molecule has 1 N–H and O–H groups in total. The van der Waals surface area contributed by atoms with Crippen LogP contribution in [0, 0.1) is 18.3 Å². The fourth-order valence-corrected chi connectivity index (χ4v) is 5.48. The van der Waals surface area contributed by atoms with Crippen molar-refractivity contribution < 1.29 is 4.79 Å². The molecule has 0 aliphatic carbocycles. The average Bonchev–Trinajstić information content (AvgIpc) is 3.23. The van der Waals surface area contributed by atoms with E-state index in [1.165, 1.54) is 19.3 Å². The van der Waals surface area contributed by atoms with Crippen molar-refractivity contribution >= 4 is 30.7 Å². The largest absolute Gasteiger partial charge is 0.341 e. The zero-order valence-corrected chi connectivity index (χ0v) is 19.4. The number of carbonyl (C=O) groups excluding carboxylic acids is 1. The third kappa shape index (κ3) is 5.46. The lowest BCUT2D eigenvalue weighted by Gasteiger charge is -2.35. The van der Waals surface area contributed by atoms with Crippen molar-refractivity contribution in [3.63, 3.8) is 0 Å². The molecule has 1 atom stereocenters. The van der Waals surface area contributed by atoms with Gasteiger partial charge in [-0.15, -0.1) is 24.8 Å². The lowest BCUT2D eigenvalue weighted by molar-refractivity contribution is -0.137. The van der Waals surface area contributed by atoms with Crippen LogP contribution in [0.5, 0.6) is 0 Å². The first-order chi connectivity index (χ1) is 13.1. The van der Waals surface area contributed by atoms with Gasteiger partial charge in [0.1, 0.15) is 5.82 Å². The highest BCUT2D eigenvalue weighted by Gasteiger charge is 2.46. The molecule has 166 valence electrons. The molecule has 1 aromatic heterocycles. The maximum absolute atomic E-state index is 13.2. The Bertz CT molecular complexity index is 653. The molecule has 1 spiro atoms. The Morgan fingerprint density at radius 2 is 1.93 bits per heavy atom. The molecule has 8 heteroatoms. The van der Waals surface area contributed by atoms with Gasteiger partial charge in [-0.2, -0.15) is 0 Å². The number of hydrogen-bond donors (Lipinski definition) is 1. The van der Waals surface area contributed by atoms with Crippen molar-refractivity contribution in [2.45, 2.75) is 58.0 Å². The van der Waals surface area contributed by atoms with Crippen molar-refractivity contribution in [1.82, 2.24) is 24.7 Å². The molecular formula is C21H37Cl2N5O. The van der Waals surface area contributed by atoms with Crippen molar-refractivity contribution in [2.24, 2.45) is 11.3 Å². The van der Waals surface area contributed by atoms with Gasteiger partial charge in [-0.1, -0.05) is 0 Å². The molecule has 1 unspecified atom stereocenters. The Hall–Kier alpha value is -0.820. The number of piperidine rings is 2. The molecule has 29 heavy (non-hydrogen) atoms. The summed E-state index contributed by atoms with van der Waals surface area (Å²) in [6, 6.07) is 0.105. The van der Waals surface area contributed by atoms with E-state index in [4.69, 9.17) is 0 Å². The van der Waals surface area contributed by atoms with Crippen LogP contribution in [0.25, 0.3) is 0 Å². The molecule has 4 heterocycles. The van der Waals surface area contributed by atoms with E-state index in [0.29, 0.717) is 11.3 Å². The summed E-state index contributed by atoms with van der Waals surface area (Å²) < 4.78 is 2.24. The van der Waals surface area contributed by atoms with Gasteiger partial charge in [-0.3, -0.25) is 9.69 Å². The van der Waals surface area contributed by atoms with E-state index in [-0.39, 0.29) is 30.9 Å². The van der Waals surface area contributed by atoms with Crippen LogP contribution < -0.4 is 5.32 Å². The number of halogens is 2. The highest BCUT2D eigenvalue weighted by Crippen LogP contribution is 2.42. The third-order valence-electron chi connectivity index (χ3n) is 7.32. The van der Waals surface area contributed by atoms with Gasteiger partial charge >= 0.3 is 0 Å². The summed E-state index contributed by atoms with van der Waals surface area (Å²) in [4.78, 5) is 22.0. The van der Waals surface area contributed by atoms with Crippen molar-refractivity contribution in [1.29, 1.82) is 0 Å². The van der Waals surface area contributed by atoms with E-state index in [1.54, 1.807) is 0 Å². The molecule has 0 radical (unpaired) electrons. The van der Waals surface area contributed by atoms with Crippen LogP contribution in [0.1, 0.15) is 44.3 Å². The predicted octanol–water partition coefficient (Wildman–Crippen LogP) is 2.74. The van der Waals surface area contributed by atoms with Crippen LogP contribution in [-0.4, -0.2) is 71.1 Å². The zero-order valence-electron chi connectivity index (χ0n) is 17.8. The van der Waals surface area contributed by atoms with Crippen molar-refractivity contribution in [2.75, 3.05) is 39.8 Å². The second-order valence-corrected chi connectivity index (χ2v) is 9.11. The SMILES string of the molecule is Cc1nccn1CCC1CCN(C(=O)C2CC3(CCNCC3)CN2C)CC1.Cl.Cl. The normalized spacial score (nSPS) is 24.9. The smallest absolute Gasteiger partial charge is 0.239 e. The first kappa shape index (κ1) is 24.4.